The van der Waals surface area contributed by atoms with Crippen LogP contribution in [-0.2, 0) is 9.47 Å². The number of ether oxygens (including phenoxy) is 3. The molecule has 1 saturated carbocycles. The van der Waals surface area contributed by atoms with E-state index >= 15 is 0 Å². The van der Waals surface area contributed by atoms with Crippen LogP contribution in [0.1, 0.15) is 103 Å². The van der Waals surface area contributed by atoms with E-state index in [0.717, 1.165) is 41.4 Å². The zero-order valence-corrected chi connectivity index (χ0v) is 26.2. The monoisotopic (exact) mass is 588 g/mol. The van der Waals surface area contributed by atoms with Crippen LogP contribution in [0.25, 0.3) is 11.1 Å². The summed E-state index contributed by atoms with van der Waals surface area (Å²) in [6.45, 7) is 6.83. The highest BCUT2D eigenvalue weighted by Crippen LogP contribution is 2.35. The number of nitrogens with zero attached hydrogens (tertiary/aromatic N) is 3. The molecule has 232 valence electrons. The van der Waals surface area contributed by atoms with Crippen LogP contribution in [0.5, 0.6) is 5.75 Å². The Morgan fingerprint density at radius 2 is 1.91 bits per heavy atom. The van der Waals surface area contributed by atoms with E-state index in [-0.39, 0.29) is 12.0 Å². The van der Waals surface area contributed by atoms with Crippen molar-refractivity contribution in [1.82, 2.24) is 15.0 Å². The average molecular weight is 589 g/mol. The van der Waals surface area contributed by atoms with E-state index in [2.05, 4.69) is 34.1 Å². The van der Waals surface area contributed by atoms with E-state index in [9.17, 15) is 0 Å². The van der Waals surface area contributed by atoms with Gasteiger partial charge in [0.05, 0.1) is 31.7 Å². The molecular formula is C34H48N6O3. The van der Waals surface area contributed by atoms with Crippen LogP contribution in [0, 0.1) is 22.7 Å². The molecule has 1 aliphatic heterocycles. The van der Waals surface area contributed by atoms with Crippen molar-refractivity contribution in [2.24, 2.45) is 11.8 Å². The summed E-state index contributed by atoms with van der Waals surface area (Å²) in [5, 5.41) is 19.7. The molecule has 2 unspecified atom stereocenters. The molecule has 4 rings (SSSR count). The standard InChI is InChI=1S/C34H48N6O3/c1-5-25-10-6-7-11-26(14-13-25)12-8-9-23(2)32(33(36)41-4)28-21-38-31-19-29(28)43-24(3)16-18-42-22-27(20-35)34-37-17-15-30(39-31)40-34/h15,17,19-22,24-26,35-36H,5-14,16,18H2,1-4H3,(H,37,38,39,40)/b27-22?,32-23-,35-20?,36-33?/t24-,25?,26?/m0/s1. The fourth-order valence-electron chi connectivity index (χ4n) is 6.05. The maximum atomic E-state index is 8.74. The minimum absolute atomic E-state index is 0.108. The lowest BCUT2D eigenvalue weighted by atomic mass is 9.82. The Morgan fingerprint density at radius 3 is 2.67 bits per heavy atom. The van der Waals surface area contributed by atoms with Gasteiger partial charge in [-0.3, -0.25) is 5.41 Å². The quantitative estimate of drug-likeness (QED) is 0.209. The predicted molar refractivity (Wildman–Crippen MR) is 173 cm³/mol. The molecule has 3 heterocycles. The van der Waals surface area contributed by atoms with Gasteiger partial charge < -0.3 is 24.9 Å². The van der Waals surface area contributed by atoms with Crippen molar-refractivity contribution in [3.05, 3.63) is 47.7 Å². The SMILES string of the molecule is CCC1CCCCC(CCC/C(C)=C(\C(=N)OC)c2cnc3cc2O[C@@H](C)CCOC=C(C=N)c2nccc(n2)N3)CC1. The van der Waals surface area contributed by atoms with E-state index in [1.807, 2.05) is 13.0 Å². The largest absolute Gasteiger partial charge is 0.500 e. The van der Waals surface area contributed by atoms with E-state index in [0.29, 0.717) is 41.8 Å². The number of allylic oxidation sites excluding steroid dienone is 2. The third-order valence-corrected chi connectivity index (χ3v) is 8.70. The maximum Gasteiger partial charge on any atom is 0.213 e. The van der Waals surface area contributed by atoms with Gasteiger partial charge in [0, 0.05) is 42.2 Å². The Morgan fingerprint density at radius 1 is 1.12 bits per heavy atom. The van der Waals surface area contributed by atoms with E-state index in [1.165, 1.54) is 63.8 Å². The Bertz CT molecular complexity index is 1310. The van der Waals surface area contributed by atoms with Gasteiger partial charge in [-0.2, -0.15) is 0 Å². The summed E-state index contributed by atoms with van der Waals surface area (Å²) in [6, 6.07) is 3.59. The first-order valence-corrected chi connectivity index (χ1v) is 15.8. The van der Waals surface area contributed by atoms with Crippen LogP contribution in [0.4, 0.5) is 11.6 Å². The van der Waals surface area contributed by atoms with E-state index < -0.39 is 0 Å². The van der Waals surface area contributed by atoms with Crippen molar-refractivity contribution in [2.75, 3.05) is 19.0 Å². The first kappa shape index (κ1) is 32.2. The fraction of sp³-hybridized carbons (Fsp3) is 0.559. The Balaban J connectivity index is 1.59. The zero-order chi connectivity index (χ0) is 30.6. The van der Waals surface area contributed by atoms with Gasteiger partial charge in [0.25, 0.3) is 0 Å². The van der Waals surface area contributed by atoms with Crippen LogP contribution in [0.3, 0.4) is 0 Å². The molecule has 0 aromatic carbocycles. The molecule has 2 aromatic rings. The fourth-order valence-corrected chi connectivity index (χ4v) is 6.05. The van der Waals surface area contributed by atoms with E-state index in [4.69, 9.17) is 25.0 Å². The topological polar surface area (TPSA) is 126 Å². The minimum Gasteiger partial charge on any atom is -0.500 e. The van der Waals surface area contributed by atoms with Crippen molar-refractivity contribution in [3.63, 3.8) is 0 Å². The number of rotatable bonds is 8. The summed E-state index contributed by atoms with van der Waals surface area (Å²) in [6.07, 6.45) is 19.2. The van der Waals surface area contributed by atoms with Gasteiger partial charge in [-0.15, -0.1) is 0 Å². The Kier molecular flexibility index (Phi) is 12.1. The molecule has 0 amide bonds. The second kappa shape index (κ2) is 16.2. The molecule has 3 atom stereocenters. The van der Waals surface area contributed by atoms with Crippen LogP contribution >= 0.6 is 0 Å². The number of anilines is 2. The van der Waals surface area contributed by atoms with Crippen LogP contribution < -0.4 is 10.1 Å². The minimum atomic E-state index is -0.174. The van der Waals surface area contributed by atoms with Gasteiger partial charge in [-0.05, 0) is 44.6 Å². The number of pyridine rings is 1. The molecule has 2 aromatic heterocycles. The highest BCUT2D eigenvalue weighted by molar-refractivity contribution is 6.19. The highest BCUT2D eigenvalue weighted by atomic mass is 16.5. The molecule has 0 saturated heterocycles. The molecule has 1 fully saturated rings. The van der Waals surface area contributed by atoms with Gasteiger partial charge in [0.15, 0.2) is 5.82 Å². The predicted octanol–water partition coefficient (Wildman–Crippen LogP) is 8.36. The molecule has 43 heavy (non-hydrogen) atoms. The molecule has 1 aliphatic carbocycles. The third-order valence-electron chi connectivity index (χ3n) is 8.70. The lowest BCUT2D eigenvalue weighted by Crippen LogP contribution is -2.17. The second-order valence-electron chi connectivity index (χ2n) is 11.8. The van der Waals surface area contributed by atoms with Crippen molar-refractivity contribution >= 4 is 34.9 Å². The zero-order valence-electron chi connectivity index (χ0n) is 26.2. The summed E-state index contributed by atoms with van der Waals surface area (Å²) in [5.74, 6) is 3.89. The van der Waals surface area contributed by atoms with Gasteiger partial charge in [-0.1, -0.05) is 63.9 Å². The first-order valence-electron chi connectivity index (χ1n) is 15.8. The van der Waals surface area contributed by atoms with Crippen LogP contribution in [-0.4, -0.2) is 46.9 Å². The molecule has 9 heteroatoms. The third kappa shape index (κ3) is 9.12. The summed E-state index contributed by atoms with van der Waals surface area (Å²) in [5.41, 5.74) is 3.04. The normalized spacial score (nSPS) is 21.7. The van der Waals surface area contributed by atoms with Gasteiger partial charge in [0.1, 0.15) is 17.4 Å². The van der Waals surface area contributed by atoms with Crippen molar-refractivity contribution in [1.29, 1.82) is 10.8 Å². The molecule has 3 N–H and O–H groups in total. The van der Waals surface area contributed by atoms with Crippen LogP contribution in [0.2, 0.25) is 0 Å². The summed E-state index contributed by atoms with van der Waals surface area (Å²) in [4.78, 5) is 13.5. The molecule has 0 radical (unpaired) electrons. The van der Waals surface area contributed by atoms with E-state index in [1.54, 1.807) is 25.6 Å². The number of hydrogen-bond acceptors (Lipinski definition) is 9. The van der Waals surface area contributed by atoms with Crippen molar-refractivity contribution in [2.45, 2.75) is 97.5 Å². The maximum absolute atomic E-state index is 8.74. The molecule has 4 bridgehead atoms. The van der Waals surface area contributed by atoms with Gasteiger partial charge >= 0.3 is 0 Å². The number of aromatic nitrogens is 3. The van der Waals surface area contributed by atoms with Crippen molar-refractivity contribution < 1.29 is 14.2 Å². The van der Waals surface area contributed by atoms with Crippen LogP contribution in [0.15, 0.2) is 36.4 Å². The number of fused-ring (bicyclic) bond motifs is 4. The first-order chi connectivity index (χ1) is 20.9. The Hall–Kier alpha value is -3.75. The summed E-state index contributed by atoms with van der Waals surface area (Å²) in [7, 11) is 1.54. The smallest absolute Gasteiger partial charge is 0.213 e. The number of nitrogens with one attached hydrogen (secondary N) is 3. The molecule has 2 aliphatic rings. The number of hydrogen-bond donors (Lipinski definition) is 3. The average Bonchev–Trinajstić information content (AvgIpc) is 2.99. The summed E-state index contributed by atoms with van der Waals surface area (Å²) < 4.78 is 17.7. The number of methoxy groups -OCH3 is 1. The molecule has 9 nitrogen and oxygen atoms in total. The summed E-state index contributed by atoms with van der Waals surface area (Å²) >= 11 is 0. The molecule has 0 spiro atoms. The Labute approximate surface area is 256 Å². The lowest BCUT2D eigenvalue weighted by molar-refractivity contribution is 0.157. The molecular weight excluding hydrogens is 540 g/mol. The van der Waals surface area contributed by atoms with Crippen molar-refractivity contribution in [3.8, 4) is 5.75 Å². The highest BCUT2D eigenvalue weighted by Gasteiger charge is 2.22. The second-order valence-corrected chi connectivity index (χ2v) is 11.8. The van der Waals surface area contributed by atoms with Gasteiger partial charge in [0.2, 0.25) is 5.90 Å². The van der Waals surface area contributed by atoms with Gasteiger partial charge in [-0.25, -0.2) is 15.0 Å². The lowest BCUT2D eigenvalue weighted by Gasteiger charge is -2.24.